The topological polar surface area (TPSA) is 78.5 Å². The van der Waals surface area contributed by atoms with Crippen molar-refractivity contribution in [3.05, 3.63) is 34.9 Å². The molecule has 1 amide bonds. The number of hydrogen-bond donors (Lipinski definition) is 2. The van der Waals surface area contributed by atoms with Crippen LogP contribution in [0.1, 0.15) is 48.8 Å². The normalized spacial score (nSPS) is 24.9. The van der Waals surface area contributed by atoms with Crippen molar-refractivity contribution in [1.82, 2.24) is 14.9 Å². The fourth-order valence-electron chi connectivity index (χ4n) is 4.54. The zero-order valence-electron chi connectivity index (χ0n) is 18.5. The molecule has 3 atom stereocenters. The molecule has 34 heavy (non-hydrogen) atoms. The number of benzene rings is 1. The van der Waals surface area contributed by atoms with Gasteiger partial charge in [-0.15, -0.1) is 0 Å². The van der Waals surface area contributed by atoms with Gasteiger partial charge in [0.25, 0.3) is 0 Å². The van der Waals surface area contributed by atoms with E-state index in [9.17, 15) is 39.6 Å². The largest absolute Gasteiger partial charge is 0.416 e. The zero-order valence-corrected chi connectivity index (χ0v) is 19.3. The van der Waals surface area contributed by atoms with Crippen LogP contribution in [0.2, 0.25) is 0 Å². The van der Waals surface area contributed by atoms with E-state index in [2.05, 4.69) is 10.6 Å². The molecule has 0 radical (unpaired) electrons. The number of nitrogens with zero attached hydrogens (tertiary/aromatic N) is 1. The number of halogens is 6. The van der Waals surface area contributed by atoms with E-state index >= 15 is 0 Å². The number of piperidine rings is 1. The average Bonchev–Trinajstić information content (AvgIpc) is 3.18. The third-order valence-electron chi connectivity index (χ3n) is 6.24. The number of amides is 1. The van der Waals surface area contributed by atoms with Crippen LogP contribution in [-0.2, 0) is 33.7 Å². The van der Waals surface area contributed by atoms with E-state index in [1.165, 1.54) is 4.31 Å². The van der Waals surface area contributed by atoms with Crippen LogP contribution in [0, 0.1) is 5.92 Å². The Morgan fingerprint density at radius 1 is 1.00 bits per heavy atom. The Bertz CT molecular complexity index is 964. The molecule has 1 aromatic carbocycles. The third kappa shape index (κ3) is 7.08. The van der Waals surface area contributed by atoms with Gasteiger partial charge in [-0.1, -0.05) is 0 Å². The Balaban J connectivity index is 1.56. The Hall–Kier alpha value is -1.86. The molecule has 1 aliphatic heterocycles. The molecule has 3 rings (SSSR count). The second-order valence-electron chi connectivity index (χ2n) is 8.97. The Labute approximate surface area is 194 Å². The monoisotopic (exact) mass is 515 g/mol. The van der Waals surface area contributed by atoms with Crippen LogP contribution in [0.4, 0.5) is 26.3 Å². The van der Waals surface area contributed by atoms with Gasteiger partial charge in [-0.2, -0.15) is 26.3 Å². The highest BCUT2D eigenvalue weighted by atomic mass is 32.2. The van der Waals surface area contributed by atoms with Crippen molar-refractivity contribution < 1.29 is 39.6 Å². The predicted octanol–water partition coefficient (Wildman–Crippen LogP) is 3.52. The molecule has 1 heterocycles. The minimum atomic E-state index is -4.95. The first-order valence-electron chi connectivity index (χ1n) is 10.9. The first-order chi connectivity index (χ1) is 15.6. The minimum Gasteiger partial charge on any atom is -0.352 e. The lowest BCUT2D eigenvalue weighted by atomic mass is 10.0. The minimum absolute atomic E-state index is 0.0225. The van der Waals surface area contributed by atoms with E-state index in [1.807, 2.05) is 0 Å². The van der Waals surface area contributed by atoms with Gasteiger partial charge in [-0.05, 0) is 55.9 Å². The van der Waals surface area contributed by atoms with Crippen molar-refractivity contribution >= 4 is 15.9 Å². The first kappa shape index (κ1) is 26.7. The smallest absolute Gasteiger partial charge is 0.352 e. The standard InChI is InChI=1S/C21H27F6N3O3S/c1-34(32,33)30-6-2-3-18(12-30)29-17-5-4-14(9-17)19(31)28-11-13-7-15(20(22,23)24)10-16(8-13)21(25,26)27/h7-8,10,14,17-18,29H,2-6,9,11-12H2,1H3,(H,28,31)/t14-,17?,18?/m0/s1. The second kappa shape index (κ2) is 10.0. The molecule has 2 fully saturated rings. The molecule has 0 bridgehead atoms. The molecule has 2 N–H and O–H groups in total. The summed E-state index contributed by atoms with van der Waals surface area (Å²) in [4.78, 5) is 12.5. The van der Waals surface area contributed by atoms with Crippen LogP contribution in [0.3, 0.4) is 0 Å². The number of nitrogens with one attached hydrogen (secondary N) is 2. The quantitative estimate of drug-likeness (QED) is 0.569. The van der Waals surface area contributed by atoms with Crippen LogP contribution < -0.4 is 10.6 Å². The lowest BCUT2D eigenvalue weighted by Gasteiger charge is -2.33. The fourth-order valence-corrected chi connectivity index (χ4v) is 5.45. The van der Waals surface area contributed by atoms with Gasteiger partial charge in [-0.25, -0.2) is 12.7 Å². The molecule has 2 unspecified atom stereocenters. The summed E-state index contributed by atoms with van der Waals surface area (Å²) in [6, 6.07) is 1.19. The summed E-state index contributed by atoms with van der Waals surface area (Å²) in [7, 11) is -3.29. The van der Waals surface area contributed by atoms with Crippen molar-refractivity contribution in [2.24, 2.45) is 5.92 Å². The van der Waals surface area contributed by atoms with Gasteiger partial charge in [-0.3, -0.25) is 4.79 Å². The maximum absolute atomic E-state index is 13.0. The molecule has 0 aromatic heterocycles. The molecule has 0 spiro atoms. The lowest BCUT2D eigenvalue weighted by Crippen LogP contribution is -2.50. The molecule has 13 heteroatoms. The third-order valence-corrected chi connectivity index (χ3v) is 7.51. The van der Waals surface area contributed by atoms with Crippen LogP contribution in [0.25, 0.3) is 0 Å². The lowest BCUT2D eigenvalue weighted by molar-refractivity contribution is -0.143. The van der Waals surface area contributed by atoms with Crippen LogP contribution >= 0.6 is 0 Å². The molecule has 1 aliphatic carbocycles. The maximum Gasteiger partial charge on any atom is 0.416 e. The maximum atomic E-state index is 13.0. The van der Waals surface area contributed by atoms with Crippen molar-refractivity contribution in [2.45, 2.75) is 63.1 Å². The van der Waals surface area contributed by atoms with Gasteiger partial charge in [0.2, 0.25) is 15.9 Å². The molecule has 1 saturated carbocycles. The average molecular weight is 516 g/mol. The number of rotatable bonds is 6. The summed E-state index contributed by atoms with van der Waals surface area (Å²) in [5.41, 5.74) is -3.13. The van der Waals surface area contributed by atoms with Gasteiger partial charge in [0.1, 0.15) is 0 Å². The van der Waals surface area contributed by atoms with Crippen LogP contribution in [-0.4, -0.2) is 50.1 Å². The Morgan fingerprint density at radius 2 is 1.62 bits per heavy atom. The number of hydrogen-bond acceptors (Lipinski definition) is 4. The first-order valence-corrected chi connectivity index (χ1v) is 12.7. The highest BCUT2D eigenvalue weighted by Gasteiger charge is 2.37. The number of alkyl halides is 6. The summed E-state index contributed by atoms with van der Waals surface area (Å²) >= 11 is 0. The summed E-state index contributed by atoms with van der Waals surface area (Å²) < 4.78 is 103. The van der Waals surface area contributed by atoms with E-state index in [4.69, 9.17) is 0 Å². The van der Waals surface area contributed by atoms with Crippen molar-refractivity contribution in [3.8, 4) is 0 Å². The summed E-state index contributed by atoms with van der Waals surface area (Å²) in [6.45, 7) is 0.369. The van der Waals surface area contributed by atoms with Gasteiger partial charge < -0.3 is 10.6 Å². The highest BCUT2D eigenvalue weighted by Crippen LogP contribution is 2.36. The van der Waals surface area contributed by atoms with Crippen LogP contribution in [0.5, 0.6) is 0 Å². The number of carbonyl (C=O) groups is 1. The summed E-state index contributed by atoms with van der Waals surface area (Å²) in [6.07, 6.45) is -5.58. The van der Waals surface area contributed by atoms with E-state index in [0.29, 0.717) is 44.5 Å². The van der Waals surface area contributed by atoms with E-state index in [0.717, 1.165) is 19.1 Å². The van der Waals surface area contributed by atoms with E-state index in [1.54, 1.807) is 0 Å². The molecular weight excluding hydrogens is 488 g/mol. The highest BCUT2D eigenvalue weighted by molar-refractivity contribution is 7.88. The van der Waals surface area contributed by atoms with E-state index in [-0.39, 0.29) is 23.7 Å². The Kier molecular flexibility index (Phi) is 7.88. The Morgan fingerprint density at radius 3 is 2.18 bits per heavy atom. The fraction of sp³-hybridized carbons (Fsp3) is 0.667. The van der Waals surface area contributed by atoms with Crippen LogP contribution in [0.15, 0.2) is 18.2 Å². The predicted molar refractivity (Wildman–Crippen MR) is 112 cm³/mol. The van der Waals surface area contributed by atoms with Crippen molar-refractivity contribution in [2.75, 3.05) is 19.3 Å². The van der Waals surface area contributed by atoms with Gasteiger partial charge >= 0.3 is 12.4 Å². The second-order valence-corrected chi connectivity index (χ2v) is 10.9. The molecule has 1 aromatic rings. The molecule has 6 nitrogen and oxygen atoms in total. The SMILES string of the molecule is CS(=O)(=O)N1CCCC(NC2CC[C@H](C(=O)NCc3cc(C(F)(F)F)cc(C(F)(F)F)c3)C2)C1. The van der Waals surface area contributed by atoms with Gasteiger partial charge in [0, 0.05) is 37.6 Å². The van der Waals surface area contributed by atoms with Crippen molar-refractivity contribution in [3.63, 3.8) is 0 Å². The molecule has 192 valence electrons. The summed E-state index contributed by atoms with van der Waals surface area (Å²) in [5.74, 6) is -0.864. The molecular formula is C21H27F6N3O3S. The van der Waals surface area contributed by atoms with E-state index < -0.39 is 51.9 Å². The summed E-state index contributed by atoms with van der Waals surface area (Å²) in [5, 5.41) is 5.85. The molecule has 2 aliphatic rings. The zero-order chi connectivity index (χ0) is 25.3. The number of sulfonamides is 1. The molecule has 1 saturated heterocycles. The number of carbonyl (C=O) groups excluding carboxylic acids is 1. The van der Waals surface area contributed by atoms with Gasteiger partial charge in [0.15, 0.2) is 0 Å². The van der Waals surface area contributed by atoms with Gasteiger partial charge in [0.05, 0.1) is 17.4 Å². The van der Waals surface area contributed by atoms with Crippen molar-refractivity contribution in [1.29, 1.82) is 0 Å².